The lowest BCUT2D eigenvalue weighted by molar-refractivity contribution is -0.124. The molecule has 0 unspecified atom stereocenters. The Morgan fingerprint density at radius 3 is 2.80 bits per heavy atom. The fourth-order valence-corrected chi connectivity index (χ4v) is 3.49. The van der Waals surface area contributed by atoms with Crippen molar-refractivity contribution >= 4 is 51.9 Å². The highest BCUT2D eigenvalue weighted by molar-refractivity contribution is 8.23. The molecular formula is C13H14N2O2S3. The van der Waals surface area contributed by atoms with Crippen LogP contribution in [0.5, 0.6) is 0 Å². The Balaban J connectivity index is 1.65. The minimum Gasteiger partial charge on any atom is -0.354 e. The molecule has 1 saturated heterocycles. The highest BCUT2D eigenvalue weighted by Crippen LogP contribution is 2.18. The molecule has 0 spiro atoms. The van der Waals surface area contributed by atoms with Gasteiger partial charge in [-0.1, -0.05) is 42.2 Å². The van der Waals surface area contributed by atoms with Crippen LogP contribution in [-0.4, -0.2) is 45.6 Å². The fraction of sp³-hybridized carbons (Fsp3) is 0.308. The van der Waals surface area contributed by atoms with E-state index in [4.69, 9.17) is 12.2 Å². The third-order valence-electron chi connectivity index (χ3n) is 2.61. The summed E-state index contributed by atoms with van der Waals surface area (Å²) in [6, 6.07) is 9.76. The van der Waals surface area contributed by atoms with Crippen LogP contribution in [0.3, 0.4) is 0 Å². The first-order valence-electron chi connectivity index (χ1n) is 6.08. The Labute approximate surface area is 131 Å². The number of hydrogen-bond donors (Lipinski definition) is 1. The van der Waals surface area contributed by atoms with Crippen molar-refractivity contribution in [3.8, 4) is 0 Å². The first-order valence-corrected chi connectivity index (χ1v) is 8.46. The molecule has 0 bridgehead atoms. The Bertz CT molecular complexity index is 492. The van der Waals surface area contributed by atoms with E-state index in [1.807, 2.05) is 30.3 Å². The molecule has 0 atom stereocenters. The van der Waals surface area contributed by atoms with Crippen molar-refractivity contribution in [2.45, 2.75) is 4.90 Å². The second kappa shape index (κ2) is 7.66. The molecule has 1 aliphatic rings. The quantitative estimate of drug-likeness (QED) is 0.638. The summed E-state index contributed by atoms with van der Waals surface area (Å²) >= 11 is 7.92. The maximum absolute atomic E-state index is 11.7. The molecule has 1 fully saturated rings. The van der Waals surface area contributed by atoms with Gasteiger partial charge in [0.2, 0.25) is 11.8 Å². The van der Waals surface area contributed by atoms with Crippen LogP contribution in [0.4, 0.5) is 0 Å². The smallest absolute Gasteiger partial charge is 0.238 e. The molecule has 1 aromatic carbocycles. The molecule has 106 valence electrons. The van der Waals surface area contributed by atoms with E-state index < -0.39 is 0 Å². The van der Waals surface area contributed by atoms with Crippen LogP contribution >= 0.6 is 35.7 Å². The van der Waals surface area contributed by atoms with Gasteiger partial charge in [-0.3, -0.25) is 14.5 Å². The van der Waals surface area contributed by atoms with Crippen molar-refractivity contribution in [2.24, 2.45) is 0 Å². The molecule has 1 heterocycles. The number of carbonyl (C=O) groups is 2. The summed E-state index contributed by atoms with van der Waals surface area (Å²) in [6.07, 6.45) is 0. The van der Waals surface area contributed by atoms with Crippen LogP contribution in [0.1, 0.15) is 0 Å². The second-order valence-electron chi connectivity index (χ2n) is 4.05. The van der Waals surface area contributed by atoms with Gasteiger partial charge < -0.3 is 5.32 Å². The molecular weight excluding hydrogens is 312 g/mol. The molecule has 0 aromatic heterocycles. The number of hydrogen-bond acceptors (Lipinski definition) is 5. The number of carbonyl (C=O) groups excluding carboxylic acids is 2. The van der Waals surface area contributed by atoms with Gasteiger partial charge in [0, 0.05) is 18.0 Å². The summed E-state index contributed by atoms with van der Waals surface area (Å²) < 4.78 is 0.600. The molecule has 2 rings (SSSR count). The van der Waals surface area contributed by atoms with Crippen LogP contribution in [0.15, 0.2) is 35.2 Å². The number of amides is 2. The van der Waals surface area contributed by atoms with E-state index in [-0.39, 0.29) is 11.8 Å². The highest BCUT2D eigenvalue weighted by atomic mass is 32.2. The van der Waals surface area contributed by atoms with Crippen molar-refractivity contribution in [2.75, 3.05) is 24.6 Å². The zero-order valence-electron chi connectivity index (χ0n) is 10.7. The Hall–Kier alpha value is -1.05. The molecule has 0 saturated carbocycles. The van der Waals surface area contributed by atoms with Crippen molar-refractivity contribution in [1.82, 2.24) is 10.2 Å². The molecule has 2 amide bonds. The van der Waals surface area contributed by atoms with E-state index in [1.54, 1.807) is 4.90 Å². The molecule has 7 heteroatoms. The third-order valence-corrected chi connectivity index (χ3v) is 5.06. The van der Waals surface area contributed by atoms with Crippen molar-refractivity contribution in [3.05, 3.63) is 30.3 Å². The number of thiocarbonyl (C=S) groups is 1. The number of thioether (sulfide) groups is 2. The van der Waals surface area contributed by atoms with Gasteiger partial charge in [0.1, 0.15) is 4.32 Å². The van der Waals surface area contributed by atoms with Gasteiger partial charge >= 0.3 is 0 Å². The Morgan fingerprint density at radius 2 is 2.15 bits per heavy atom. The van der Waals surface area contributed by atoms with Gasteiger partial charge in [-0.25, -0.2) is 0 Å². The van der Waals surface area contributed by atoms with Crippen LogP contribution in [0.25, 0.3) is 0 Å². The fourth-order valence-electron chi connectivity index (χ4n) is 1.62. The average molecular weight is 326 g/mol. The first kappa shape index (κ1) is 15.3. The monoisotopic (exact) mass is 326 g/mol. The minimum atomic E-state index is -0.0379. The first-order chi connectivity index (χ1) is 9.66. The molecule has 1 aromatic rings. The normalized spacial score (nSPS) is 14.7. The molecule has 0 radical (unpaired) electrons. The molecule has 20 heavy (non-hydrogen) atoms. The summed E-state index contributed by atoms with van der Waals surface area (Å²) in [5.74, 6) is 0.769. The lowest BCUT2D eigenvalue weighted by Crippen LogP contribution is -2.37. The molecule has 1 aliphatic heterocycles. The summed E-state index contributed by atoms with van der Waals surface area (Å²) in [7, 11) is 0. The number of nitrogens with one attached hydrogen (secondary N) is 1. The predicted octanol–water partition coefficient (Wildman–Crippen LogP) is 1.76. The van der Waals surface area contributed by atoms with Crippen LogP contribution in [-0.2, 0) is 9.59 Å². The van der Waals surface area contributed by atoms with Crippen LogP contribution < -0.4 is 5.32 Å². The van der Waals surface area contributed by atoms with Gasteiger partial charge in [-0.15, -0.1) is 11.8 Å². The zero-order valence-corrected chi connectivity index (χ0v) is 13.2. The van der Waals surface area contributed by atoms with Gasteiger partial charge in [0.15, 0.2) is 0 Å². The lowest BCUT2D eigenvalue weighted by Gasteiger charge is -2.14. The number of benzene rings is 1. The van der Waals surface area contributed by atoms with Crippen LogP contribution in [0, 0.1) is 0 Å². The van der Waals surface area contributed by atoms with Gasteiger partial charge in [-0.05, 0) is 12.1 Å². The van der Waals surface area contributed by atoms with E-state index in [0.717, 1.165) is 4.90 Å². The maximum atomic E-state index is 11.7. The van der Waals surface area contributed by atoms with Crippen LogP contribution in [0.2, 0.25) is 0 Å². The van der Waals surface area contributed by atoms with E-state index in [9.17, 15) is 9.59 Å². The second-order valence-corrected chi connectivity index (χ2v) is 6.71. The van der Waals surface area contributed by atoms with Crippen molar-refractivity contribution in [1.29, 1.82) is 0 Å². The third kappa shape index (κ3) is 4.50. The summed E-state index contributed by atoms with van der Waals surface area (Å²) in [5, 5.41) is 2.80. The molecule has 4 nitrogen and oxygen atoms in total. The summed E-state index contributed by atoms with van der Waals surface area (Å²) in [6.45, 7) is 0.882. The van der Waals surface area contributed by atoms with E-state index in [1.165, 1.54) is 23.5 Å². The Morgan fingerprint density at radius 1 is 1.40 bits per heavy atom. The minimum absolute atomic E-state index is 0.0212. The largest absolute Gasteiger partial charge is 0.354 e. The zero-order chi connectivity index (χ0) is 14.4. The summed E-state index contributed by atoms with van der Waals surface area (Å²) in [5.41, 5.74) is 0. The highest BCUT2D eigenvalue weighted by Gasteiger charge is 2.25. The van der Waals surface area contributed by atoms with E-state index in [0.29, 0.717) is 28.9 Å². The Kier molecular flexibility index (Phi) is 5.87. The van der Waals surface area contributed by atoms with Gasteiger partial charge in [0.05, 0.1) is 11.5 Å². The van der Waals surface area contributed by atoms with Crippen molar-refractivity contribution < 1.29 is 9.59 Å². The average Bonchev–Trinajstić information content (AvgIpc) is 2.78. The molecule has 0 aliphatic carbocycles. The maximum Gasteiger partial charge on any atom is 0.238 e. The van der Waals surface area contributed by atoms with Gasteiger partial charge in [-0.2, -0.15) is 0 Å². The van der Waals surface area contributed by atoms with Gasteiger partial charge in [0.25, 0.3) is 0 Å². The standard InChI is InChI=1S/C13H14N2O2S3/c16-11(8-19-10-4-2-1-3-5-10)14-6-7-15-12(17)9-20-13(15)18/h1-5H,6-9H2,(H,14,16). The van der Waals surface area contributed by atoms with E-state index in [2.05, 4.69) is 5.32 Å². The van der Waals surface area contributed by atoms with E-state index >= 15 is 0 Å². The lowest BCUT2D eigenvalue weighted by atomic mass is 10.4. The SMILES string of the molecule is O=C(CSc1ccccc1)NCCN1C(=O)CSC1=S. The topological polar surface area (TPSA) is 49.4 Å². The number of nitrogens with zero attached hydrogens (tertiary/aromatic N) is 1. The predicted molar refractivity (Wildman–Crippen MR) is 86.9 cm³/mol. The molecule has 1 N–H and O–H groups in total. The van der Waals surface area contributed by atoms with Crippen molar-refractivity contribution in [3.63, 3.8) is 0 Å². The summed E-state index contributed by atoms with van der Waals surface area (Å²) in [4.78, 5) is 25.8. The number of rotatable bonds is 6.